The van der Waals surface area contributed by atoms with Crippen LogP contribution in [-0.2, 0) is 11.3 Å². The van der Waals surface area contributed by atoms with Gasteiger partial charge in [-0.1, -0.05) is 30.3 Å². The molecule has 172 valence electrons. The molecule has 1 fully saturated rings. The number of carbonyl (C=O) groups excluding carboxylic acids is 1. The molecule has 0 aliphatic carbocycles. The molecule has 0 radical (unpaired) electrons. The van der Waals surface area contributed by atoms with Gasteiger partial charge < -0.3 is 19.1 Å². The summed E-state index contributed by atoms with van der Waals surface area (Å²) < 4.78 is 7.77. The lowest BCUT2D eigenvalue weighted by Gasteiger charge is -2.38. The lowest BCUT2D eigenvalue weighted by Crippen LogP contribution is -2.50. The van der Waals surface area contributed by atoms with Crippen LogP contribution >= 0.6 is 0 Å². The third-order valence-corrected chi connectivity index (χ3v) is 6.01. The minimum Gasteiger partial charge on any atom is -0.444 e. The van der Waals surface area contributed by atoms with Crippen molar-refractivity contribution in [3.05, 3.63) is 59.7 Å². The smallest absolute Gasteiger partial charge is 0.410 e. The number of ether oxygens (including phenoxy) is 1. The van der Waals surface area contributed by atoms with Crippen molar-refractivity contribution in [1.82, 2.24) is 14.5 Å². The van der Waals surface area contributed by atoms with Crippen LogP contribution in [0.3, 0.4) is 0 Å². The van der Waals surface area contributed by atoms with E-state index in [1.807, 2.05) is 70.3 Å². The van der Waals surface area contributed by atoms with Crippen molar-refractivity contribution in [2.24, 2.45) is 0 Å². The van der Waals surface area contributed by atoms with Gasteiger partial charge in [0.2, 0.25) is 5.95 Å². The van der Waals surface area contributed by atoms with Crippen LogP contribution in [0.5, 0.6) is 0 Å². The third-order valence-electron chi connectivity index (χ3n) is 6.01. The van der Waals surface area contributed by atoms with Crippen LogP contribution in [0.2, 0.25) is 0 Å². The lowest BCUT2D eigenvalue weighted by atomic mass is 10.1. The number of nitriles is 1. The Bertz CT molecular complexity index is 1190. The molecule has 2 aromatic carbocycles. The van der Waals surface area contributed by atoms with Gasteiger partial charge in [0.1, 0.15) is 5.60 Å². The molecule has 4 rings (SSSR count). The zero-order chi connectivity index (χ0) is 23.6. The Labute approximate surface area is 195 Å². The first kappa shape index (κ1) is 22.7. The second-order valence-corrected chi connectivity index (χ2v) is 9.59. The van der Waals surface area contributed by atoms with E-state index in [2.05, 4.69) is 21.6 Å². The second kappa shape index (κ2) is 9.14. The summed E-state index contributed by atoms with van der Waals surface area (Å²) in [5.41, 5.74) is 3.06. The predicted octanol–water partition coefficient (Wildman–Crippen LogP) is 4.79. The van der Waals surface area contributed by atoms with Gasteiger partial charge in [0.05, 0.1) is 35.3 Å². The van der Waals surface area contributed by atoms with Crippen molar-refractivity contribution in [3.8, 4) is 6.07 Å². The normalized spacial score (nSPS) is 16.5. The Hall–Kier alpha value is -3.53. The van der Waals surface area contributed by atoms with E-state index in [1.165, 1.54) is 0 Å². The van der Waals surface area contributed by atoms with E-state index in [0.717, 1.165) is 41.9 Å². The maximum absolute atomic E-state index is 12.7. The molecule has 33 heavy (non-hydrogen) atoms. The summed E-state index contributed by atoms with van der Waals surface area (Å²) in [5, 5.41) is 9.57. The van der Waals surface area contributed by atoms with Crippen LogP contribution < -0.4 is 4.90 Å². The van der Waals surface area contributed by atoms with E-state index < -0.39 is 5.60 Å². The first-order chi connectivity index (χ1) is 15.8. The number of fused-ring (bicyclic) bond motifs is 1. The van der Waals surface area contributed by atoms with Crippen molar-refractivity contribution in [1.29, 1.82) is 5.26 Å². The van der Waals surface area contributed by atoms with Gasteiger partial charge in [-0.2, -0.15) is 5.26 Å². The van der Waals surface area contributed by atoms with Crippen LogP contribution in [0.4, 0.5) is 10.7 Å². The molecule has 1 aliphatic heterocycles. The van der Waals surface area contributed by atoms with Crippen LogP contribution in [0.1, 0.15) is 44.7 Å². The number of imidazole rings is 1. The van der Waals surface area contributed by atoms with E-state index in [0.29, 0.717) is 18.7 Å². The molecule has 0 saturated carbocycles. The highest BCUT2D eigenvalue weighted by molar-refractivity contribution is 5.79. The minimum absolute atomic E-state index is 0.0354. The van der Waals surface area contributed by atoms with Gasteiger partial charge in [0.25, 0.3) is 0 Å². The maximum atomic E-state index is 12.7. The Morgan fingerprint density at radius 1 is 1.21 bits per heavy atom. The summed E-state index contributed by atoms with van der Waals surface area (Å²) in [5.74, 6) is 0.867. The van der Waals surface area contributed by atoms with Gasteiger partial charge in [0, 0.05) is 20.1 Å². The quantitative estimate of drug-likeness (QED) is 0.577. The highest BCUT2D eigenvalue weighted by Gasteiger charge is 2.31. The third kappa shape index (κ3) is 4.95. The van der Waals surface area contributed by atoms with E-state index in [9.17, 15) is 10.1 Å². The fourth-order valence-corrected chi connectivity index (χ4v) is 4.33. The monoisotopic (exact) mass is 445 g/mol. The summed E-state index contributed by atoms with van der Waals surface area (Å²) >= 11 is 0. The van der Waals surface area contributed by atoms with Gasteiger partial charge >= 0.3 is 6.09 Å². The number of anilines is 1. The molecule has 1 amide bonds. The molecule has 1 aliphatic rings. The van der Waals surface area contributed by atoms with E-state index in [4.69, 9.17) is 9.72 Å². The molecule has 2 heterocycles. The van der Waals surface area contributed by atoms with Gasteiger partial charge in [-0.15, -0.1) is 0 Å². The highest BCUT2D eigenvalue weighted by Crippen LogP contribution is 2.28. The highest BCUT2D eigenvalue weighted by atomic mass is 16.6. The Morgan fingerprint density at radius 3 is 2.70 bits per heavy atom. The van der Waals surface area contributed by atoms with E-state index in [1.54, 1.807) is 4.90 Å². The van der Waals surface area contributed by atoms with Crippen LogP contribution in [-0.4, -0.2) is 52.3 Å². The topological polar surface area (TPSA) is 74.4 Å². The minimum atomic E-state index is -0.526. The van der Waals surface area contributed by atoms with Crippen LogP contribution in [0.15, 0.2) is 48.5 Å². The van der Waals surface area contributed by atoms with Gasteiger partial charge in [-0.05, 0) is 57.4 Å². The number of para-hydroxylation sites is 2. The first-order valence-corrected chi connectivity index (χ1v) is 11.4. The second-order valence-electron chi connectivity index (χ2n) is 9.59. The zero-order valence-electron chi connectivity index (χ0n) is 19.8. The number of nitrogens with zero attached hydrogens (tertiary/aromatic N) is 5. The number of hydrogen-bond donors (Lipinski definition) is 0. The molecular formula is C26H31N5O2. The molecule has 1 saturated heterocycles. The van der Waals surface area contributed by atoms with E-state index in [-0.39, 0.29) is 12.1 Å². The summed E-state index contributed by atoms with van der Waals surface area (Å²) in [6, 6.07) is 18.1. The Balaban J connectivity index is 1.64. The average molecular weight is 446 g/mol. The fourth-order valence-electron chi connectivity index (χ4n) is 4.33. The summed E-state index contributed by atoms with van der Waals surface area (Å²) in [7, 11) is 1.81. The molecule has 1 atom stereocenters. The Morgan fingerprint density at radius 2 is 1.94 bits per heavy atom. The Kier molecular flexibility index (Phi) is 6.28. The number of carbonyl (C=O) groups is 1. The van der Waals surface area contributed by atoms with E-state index >= 15 is 0 Å². The van der Waals surface area contributed by atoms with Crippen LogP contribution in [0.25, 0.3) is 11.0 Å². The SMILES string of the molecule is CN(C(=O)OC(C)(C)C)[C@@H]1CCCN(c2nc3ccccc3n2Cc2ccccc2C#N)C1. The number of amides is 1. The van der Waals surface area contributed by atoms with Crippen molar-refractivity contribution < 1.29 is 9.53 Å². The molecule has 7 heteroatoms. The molecule has 7 nitrogen and oxygen atoms in total. The van der Waals surface area contributed by atoms with Crippen molar-refractivity contribution >= 4 is 23.1 Å². The van der Waals surface area contributed by atoms with Crippen molar-refractivity contribution in [2.75, 3.05) is 25.0 Å². The van der Waals surface area contributed by atoms with Gasteiger partial charge in [0.15, 0.2) is 0 Å². The predicted molar refractivity (Wildman–Crippen MR) is 129 cm³/mol. The number of aromatic nitrogens is 2. The van der Waals surface area contributed by atoms with Crippen molar-refractivity contribution in [2.45, 2.75) is 51.8 Å². The van der Waals surface area contributed by atoms with Crippen LogP contribution in [0, 0.1) is 11.3 Å². The molecule has 0 N–H and O–H groups in total. The average Bonchev–Trinajstić information content (AvgIpc) is 3.16. The van der Waals surface area contributed by atoms with Gasteiger partial charge in [-0.25, -0.2) is 9.78 Å². The first-order valence-electron chi connectivity index (χ1n) is 11.4. The molecule has 0 bridgehead atoms. The number of rotatable bonds is 4. The summed E-state index contributed by atoms with van der Waals surface area (Å²) in [6.45, 7) is 7.75. The molecule has 0 unspecified atom stereocenters. The standard InChI is InChI=1S/C26H31N5O2/c1-26(2,3)33-25(32)29(4)21-12-9-15-30(18-21)24-28-22-13-7-8-14-23(22)31(24)17-20-11-6-5-10-19(20)16-27/h5-8,10-11,13-14,21H,9,12,15,17-18H2,1-4H3/t21-/m1/s1. The molecule has 1 aromatic heterocycles. The maximum Gasteiger partial charge on any atom is 0.410 e. The number of benzene rings is 2. The molecular weight excluding hydrogens is 414 g/mol. The zero-order valence-corrected chi connectivity index (χ0v) is 19.8. The summed E-state index contributed by atoms with van der Waals surface area (Å²) in [6.07, 6.45) is 1.57. The molecule has 3 aromatic rings. The largest absolute Gasteiger partial charge is 0.444 e. The van der Waals surface area contributed by atoms with Crippen molar-refractivity contribution in [3.63, 3.8) is 0 Å². The summed E-state index contributed by atoms with van der Waals surface area (Å²) in [4.78, 5) is 21.6. The number of piperidine rings is 1. The number of hydrogen-bond acceptors (Lipinski definition) is 5. The number of likely N-dealkylation sites (N-methyl/N-ethyl adjacent to an activating group) is 1. The lowest BCUT2D eigenvalue weighted by molar-refractivity contribution is 0.0209. The van der Waals surface area contributed by atoms with Gasteiger partial charge in [-0.3, -0.25) is 0 Å². The molecule has 0 spiro atoms. The fraction of sp³-hybridized carbons (Fsp3) is 0.423.